The summed E-state index contributed by atoms with van der Waals surface area (Å²) in [7, 11) is 0. The summed E-state index contributed by atoms with van der Waals surface area (Å²) in [6.45, 7) is 2.21. The lowest BCUT2D eigenvalue weighted by molar-refractivity contribution is 0.0687. The van der Waals surface area contributed by atoms with E-state index in [0.29, 0.717) is 23.3 Å². The Balaban J connectivity index is 1.67. The van der Waals surface area contributed by atoms with Crippen molar-refractivity contribution >= 4 is 28.0 Å². The number of fused-ring (bicyclic) bond motifs is 3. The average molecular weight is 439 g/mol. The highest BCUT2D eigenvalue weighted by Crippen LogP contribution is 2.38. The van der Waals surface area contributed by atoms with E-state index in [1.807, 2.05) is 17.6 Å². The van der Waals surface area contributed by atoms with Crippen LogP contribution >= 0.6 is 0 Å². The molecule has 4 aromatic heterocycles. The second-order valence-electron chi connectivity index (χ2n) is 8.53. The first-order valence-electron chi connectivity index (χ1n) is 10.9. The molecule has 8 heteroatoms. The molecule has 0 bridgehead atoms. The number of imidazole rings is 1. The van der Waals surface area contributed by atoms with Gasteiger partial charge in [-0.25, -0.2) is 14.8 Å². The largest absolute Gasteiger partial charge is 0.477 e. The zero-order valence-corrected chi connectivity index (χ0v) is 18.0. The topological polar surface area (TPSA) is 117 Å². The minimum atomic E-state index is -1.07. The molecular formula is C25H21N5O3. The zero-order valence-electron chi connectivity index (χ0n) is 18.0. The van der Waals surface area contributed by atoms with Gasteiger partial charge in [0.25, 0.3) is 5.56 Å². The molecule has 4 heterocycles. The van der Waals surface area contributed by atoms with Gasteiger partial charge in [0.05, 0.1) is 18.4 Å². The summed E-state index contributed by atoms with van der Waals surface area (Å²) < 4.78 is 1.81. The molecule has 8 nitrogen and oxygen atoms in total. The number of carbonyl (C=O) groups is 1. The van der Waals surface area contributed by atoms with Gasteiger partial charge in [0, 0.05) is 33.9 Å². The Morgan fingerprint density at radius 2 is 2.00 bits per heavy atom. The van der Waals surface area contributed by atoms with E-state index in [4.69, 9.17) is 0 Å². The lowest BCUT2D eigenvalue weighted by Gasteiger charge is -2.12. The molecule has 6 rings (SSSR count). The average Bonchev–Trinajstić information content (AvgIpc) is 3.50. The Hall–Kier alpha value is -4.20. The number of aromatic amines is 2. The van der Waals surface area contributed by atoms with Gasteiger partial charge < -0.3 is 19.6 Å². The number of hydrogen-bond acceptors (Lipinski definition) is 4. The number of aryl methyl sites for hydroxylation is 3. The van der Waals surface area contributed by atoms with Crippen LogP contribution in [-0.2, 0) is 19.4 Å². The van der Waals surface area contributed by atoms with Crippen molar-refractivity contribution in [3.8, 4) is 11.1 Å². The smallest absolute Gasteiger partial charge is 0.353 e. The molecule has 5 aromatic rings. The molecule has 0 saturated carbocycles. The molecule has 0 fully saturated rings. The maximum Gasteiger partial charge on any atom is 0.353 e. The van der Waals surface area contributed by atoms with Crippen LogP contribution in [-0.4, -0.2) is 35.6 Å². The summed E-state index contributed by atoms with van der Waals surface area (Å²) in [4.78, 5) is 39.9. The van der Waals surface area contributed by atoms with Gasteiger partial charge in [0.1, 0.15) is 5.69 Å². The lowest BCUT2D eigenvalue weighted by atomic mass is 10.00. The van der Waals surface area contributed by atoms with Gasteiger partial charge >= 0.3 is 5.97 Å². The Kier molecular flexibility index (Phi) is 4.23. The molecule has 164 valence electrons. The standard InChI is InChI=1S/C25H21N5O3/c1-13-16(9-19-23(29-13)28-12-27-19)11-30-20-10-15-5-2-4-14(15)8-18(20)21(22(30)25(32)33)17-6-3-7-26-24(17)31/h3,6-10,12H,2,4-5,11H2,1H3,(H,26,31)(H,32,33)(H,27,28,29). The van der Waals surface area contributed by atoms with Crippen molar-refractivity contribution in [2.24, 2.45) is 0 Å². The number of aromatic carboxylic acids is 1. The number of nitrogens with zero attached hydrogens (tertiary/aromatic N) is 3. The van der Waals surface area contributed by atoms with E-state index in [2.05, 4.69) is 32.1 Å². The first-order chi connectivity index (χ1) is 16.0. The number of carboxylic acid groups (broad SMARTS) is 1. The van der Waals surface area contributed by atoms with Crippen molar-refractivity contribution in [1.29, 1.82) is 0 Å². The number of nitrogens with one attached hydrogen (secondary N) is 2. The van der Waals surface area contributed by atoms with Crippen molar-refractivity contribution in [1.82, 2.24) is 24.5 Å². The van der Waals surface area contributed by atoms with Crippen LogP contribution in [0.2, 0.25) is 0 Å². The SMILES string of the molecule is Cc1nc2nc[nH]c2cc1Cn1c(C(=O)O)c(-c2ccc[nH]c2=O)c2cc3c(cc21)CCC3. The van der Waals surface area contributed by atoms with Crippen LogP contribution in [0, 0.1) is 6.92 Å². The molecule has 0 spiro atoms. The van der Waals surface area contributed by atoms with Gasteiger partial charge in [0.15, 0.2) is 5.65 Å². The van der Waals surface area contributed by atoms with Gasteiger partial charge in [-0.2, -0.15) is 0 Å². The van der Waals surface area contributed by atoms with E-state index in [0.717, 1.165) is 46.9 Å². The molecule has 0 amide bonds. The first-order valence-corrected chi connectivity index (χ1v) is 10.9. The van der Waals surface area contributed by atoms with E-state index < -0.39 is 5.97 Å². The van der Waals surface area contributed by atoms with E-state index in [-0.39, 0.29) is 11.3 Å². The second-order valence-corrected chi connectivity index (χ2v) is 8.53. The summed E-state index contributed by atoms with van der Waals surface area (Å²) >= 11 is 0. The van der Waals surface area contributed by atoms with E-state index >= 15 is 0 Å². The normalized spacial score (nSPS) is 13.1. The van der Waals surface area contributed by atoms with Gasteiger partial charge in [-0.05, 0) is 73.2 Å². The third-order valence-electron chi connectivity index (χ3n) is 6.60. The molecule has 0 radical (unpaired) electrons. The minimum absolute atomic E-state index is 0.106. The van der Waals surface area contributed by atoms with Crippen molar-refractivity contribution in [3.63, 3.8) is 0 Å². The zero-order chi connectivity index (χ0) is 22.7. The summed E-state index contributed by atoms with van der Waals surface area (Å²) in [6.07, 6.45) is 6.16. The van der Waals surface area contributed by atoms with Crippen molar-refractivity contribution in [2.75, 3.05) is 0 Å². The van der Waals surface area contributed by atoms with Crippen LogP contribution in [0.25, 0.3) is 33.2 Å². The third-order valence-corrected chi connectivity index (χ3v) is 6.60. The highest BCUT2D eigenvalue weighted by Gasteiger charge is 2.27. The third kappa shape index (κ3) is 2.98. The van der Waals surface area contributed by atoms with Gasteiger partial charge in [-0.3, -0.25) is 4.79 Å². The van der Waals surface area contributed by atoms with E-state index in [9.17, 15) is 14.7 Å². The fraction of sp³-hybridized carbons (Fsp3) is 0.200. The highest BCUT2D eigenvalue weighted by atomic mass is 16.4. The number of pyridine rings is 2. The number of hydrogen-bond donors (Lipinski definition) is 3. The molecule has 1 aliphatic rings. The van der Waals surface area contributed by atoms with Gasteiger partial charge in [-0.15, -0.1) is 0 Å². The number of carboxylic acids is 1. The summed E-state index contributed by atoms with van der Waals surface area (Å²) in [5, 5.41) is 11.1. The highest BCUT2D eigenvalue weighted by molar-refractivity contribution is 6.08. The minimum Gasteiger partial charge on any atom is -0.477 e. The number of H-pyrrole nitrogens is 2. The van der Waals surface area contributed by atoms with Crippen molar-refractivity contribution < 1.29 is 9.90 Å². The molecular weight excluding hydrogens is 418 g/mol. The quantitative estimate of drug-likeness (QED) is 0.394. The van der Waals surface area contributed by atoms with Crippen LogP contribution < -0.4 is 5.56 Å². The van der Waals surface area contributed by atoms with Crippen LogP contribution in [0.15, 0.2) is 47.7 Å². The predicted octanol–water partition coefficient (Wildman–Crippen LogP) is 3.81. The molecule has 33 heavy (non-hydrogen) atoms. The maximum atomic E-state index is 12.7. The molecule has 0 aliphatic heterocycles. The van der Waals surface area contributed by atoms with Crippen molar-refractivity contribution in [2.45, 2.75) is 32.7 Å². The number of benzene rings is 1. The van der Waals surface area contributed by atoms with Gasteiger partial charge in [-0.1, -0.05) is 0 Å². The summed E-state index contributed by atoms with van der Waals surface area (Å²) in [5.41, 5.74) is 6.99. The first kappa shape index (κ1) is 19.5. The van der Waals surface area contributed by atoms with Crippen LogP contribution in [0.5, 0.6) is 0 Å². The number of rotatable bonds is 4. The van der Waals surface area contributed by atoms with E-state index in [1.54, 1.807) is 24.7 Å². The van der Waals surface area contributed by atoms with Crippen LogP contribution in [0.4, 0.5) is 0 Å². The summed E-state index contributed by atoms with van der Waals surface area (Å²) in [6, 6.07) is 9.54. The molecule has 3 N–H and O–H groups in total. The molecule has 0 unspecified atom stereocenters. The van der Waals surface area contributed by atoms with E-state index in [1.165, 1.54) is 11.1 Å². The van der Waals surface area contributed by atoms with Crippen LogP contribution in [0.3, 0.4) is 0 Å². The Bertz CT molecular complexity index is 1640. The molecule has 1 aromatic carbocycles. The fourth-order valence-electron chi connectivity index (χ4n) is 5.03. The lowest BCUT2D eigenvalue weighted by Crippen LogP contribution is -2.14. The monoisotopic (exact) mass is 439 g/mol. The molecule has 0 saturated heterocycles. The molecule has 0 atom stereocenters. The Morgan fingerprint density at radius 3 is 2.79 bits per heavy atom. The van der Waals surface area contributed by atoms with Crippen molar-refractivity contribution in [3.05, 3.63) is 81.3 Å². The Morgan fingerprint density at radius 1 is 1.18 bits per heavy atom. The Labute approximate surface area is 187 Å². The predicted molar refractivity (Wildman–Crippen MR) is 125 cm³/mol. The summed E-state index contributed by atoms with van der Waals surface area (Å²) in [5.74, 6) is -1.07. The van der Waals surface area contributed by atoms with Crippen LogP contribution in [0.1, 0.15) is 39.3 Å². The number of aromatic nitrogens is 5. The fourth-order valence-corrected chi connectivity index (χ4v) is 5.03. The second kappa shape index (κ2) is 7.16. The molecule has 1 aliphatic carbocycles. The maximum absolute atomic E-state index is 12.7. The van der Waals surface area contributed by atoms with Gasteiger partial charge in [0.2, 0.25) is 0 Å².